The van der Waals surface area contributed by atoms with Crippen LogP contribution in [0.5, 0.6) is 0 Å². The minimum Gasteiger partial charge on any atom is -0.294 e. The molecule has 0 aliphatic rings. The van der Waals surface area contributed by atoms with Gasteiger partial charge in [0.15, 0.2) is 17.4 Å². The smallest absolute Gasteiger partial charge is 0.173 e. The van der Waals surface area contributed by atoms with E-state index >= 15 is 0 Å². The number of carbonyl (C=O) groups excluding carboxylic acids is 1. The van der Waals surface area contributed by atoms with Gasteiger partial charge >= 0.3 is 0 Å². The van der Waals surface area contributed by atoms with Crippen molar-refractivity contribution in [2.75, 3.05) is 0 Å². The normalized spacial score (nSPS) is 10.0. The van der Waals surface area contributed by atoms with E-state index in [0.717, 1.165) is 6.07 Å². The zero-order valence-corrected chi connectivity index (χ0v) is 7.78. The molecule has 1 aromatic carbocycles. The molecule has 12 heavy (non-hydrogen) atoms. The Hall–Kier alpha value is -0.770. The van der Waals surface area contributed by atoms with E-state index in [9.17, 15) is 13.6 Å². The molecule has 0 heterocycles. The molecule has 0 saturated carbocycles. The van der Waals surface area contributed by atoms with E-state index in [1.807, 2.05) is 0 Å². The van der Waals surface area contributed by atoms with E-state index in [0.29, 0.717) is 0 Å². The molecule has 64 valence electrons. The molecular formula is C8H5BrF2O. The predicted octanol–water partition coefficient (Wildman–Crippen LogP) is 2.93. The highest BCUT2D eigenvalue weighted by atomic mass is 79.9. The largest absolute Gasteiger partial charge is 0.294 e. The topological polar surface area (TPSA) is 17.1 Å². The third-order valence-corrected chi connectivity index (χ3v) is 2.19. The summed E-state index contributed by atoms with van der Waals surface area (Å²) in [5, 5.41) is 0. The lowest BCUT2D eigenvalue weighted by molar-refractivity contribution is 0.101. The third-order valence-electron chi connectivity index (χ3n) is 1.41. The first-order chi connectivity index (χ1) is 5.54. The van der Waals surface area contributed by atoms with Gasteiger partial charge in [-0.15, -0.1) is 0 Å². The van der Waals surface area contributed by atoms with Crippen LogP contribution in [0.2, 0.25) is 0 Å². The first kappa shape index (κ1) is 9.32. The van der Waals surface area contributed by atoms with Gasteiger partial charge in [0.1, 0.15) is 0 Å². The second kappa shape index (κ2) is 3.31. The first-order valence-electron chi connectivity index (χ1n) is 3.18. The Balaban J connectivity index is 3.36. The van der Waals surface area contributed by atoms with Gasteiger partial charge in [-0.05, 0) is 35.0 Å². The number of rotatable bonds is 1. The lowest BCUT2D eigenvalue weighted by Crippen LogP contribution is -1.97. The molecule has 1 aromatic rings. The van der Waals surface area contributed by atoms with Crippen LogP contribution >= 0.6 is 15.9 Å². The summed E-state index contributed by atoms with van der Waals surface area (Å²) in [6.45, 7) is 1.29. The number of benzene rings is 1. The molecule has 1 rings (SSSR count). The zero-order valence-electron chi connectivity index (χ0n) is 6.20. The van der Waals surface area contributed by atoms with E-state index in [4.69, 9.17) is 0 Å². The Morgan fingerprint density at radius 3 is 2.50 bits per heavy atom. The quantitative estimate of drug-likeness (QED) is 0.540. The number of hydrogen-bond donors (Lipinski definition) is 0. The molecule has 0 aromatic heterocycles. The first-order valence-corrected chi connectivity index (χ1v) is 3.97. The lowest BCUT2D eigenvalue weighted by Gasteiger charge is -2.00. The highest BCUT2D eigenvalue weighted by Gasteiger charge is 2.13. The number of hydrogen-bond acceptors (Lipinski definition) is 1. The van der Waals surface area contributed by atoms with Crippen molar-refractivity contribution in [2.45, 2.75) is 6.92 Å². The van der Waals surface area contributed by atoms with Gasteiger partial charge in [0, 0.05) is 5.56 Å². The molecule has 0 spiro atoms. The van der Waals surface area contributed by atoms with E-state index in [-0.39, 0.29) is 15.8 Å². The van der Waals surface area contributed by atoms with Crippen molar-refractivity contribution in [3.8, 4) is 0 Å². The number of Topliss-reactive ketones (excluding diaryl/α,β-unsaturated/α-hetero) is 1. The standard InChI is InChI=1S/C8H5BrF2O/c1-4(12)5-2-3-6(10)8(11)7(5)9/h2-3H,1H3. The second-order valence-corrected chi connectivity index (χ2v) is 3.07. The summed E-state index contributed by atoms with van der Waals surface area (Å²) < 4.78 is 25.2. The van der Waals surface area contributed by atoms with Gasteiger partial charge in [-0.25, -0.2) is 8.78 Å². The van der Waals surface area contributed by atoms with Crippen molar-refractivity contribution in [3.63, 3.8) is 0 Å². The van der Waals surface area contributed by atoms with E-state index < -0.39 is 11.6 Å². The maximum absolute atomic E-state index is 12.8. The Morgan fingerprint density at radius 2 is 2.00 bits per heavy atom. The summed E-state index contributed by atoms with van der Waals surface area (Å²) in [7, 11) is 0. The van der Waals surface area contributed by atoms with Crippen LogP contribution in [0.3, 0.4) is 0 Å². The van der Waals surface area contributed by atoms with Crippen molar-refractivity contribution in [3.05, 3.63) is 33.8 Å². The molecule has 0 radical (unpaired) electrons. The van der Waals surface area contributed by atoms with Crippen molar-refractivity contribution < 1.29 is 13.6 Å². The van der Waals surface area contributed by atoms with Crippen molar-refractivity contribution in [1.82, 2.24) is 0 Å². The predicted molar refractivity (Wildman–Crippen MR) is 44.1 cm³/mol. The molecule has 0 aliphatic heterocycles. The number of ketones is 1. The van der Waals surface area contributed by atoms with Crippen LogP contribution < -0.4 is 0 Å². The van der Waals surface area contributed by atoms with E-state index in [1.165, 1.54) is 13.0 Å². The Bertz CT molecular complexity index is 336. The van der Waals surface area contributed by atoms with Gasteiger partial charge in [0.05, 0.1) is 4.47 Å². The van der Waals surface area contributed by atoms with Crippen molar-refractivity contribution in [1.29, 1.82) is 0 Å². The van der Waals surface area contributed by atoms with Crippen LogP contribution in [0.4, 0.5) is 8.78 Å². The van der Waals surface area contributed by atoms with Crippen LogP contribution in [0.15, 0.2) is 16.6 Å². The third kappa shape index (κ3) is 1.53. The van der Waals surface area contributed by atoms with Crippen LogP contribution in [-0.4, -0.2) is 5.78 Å². The number of carbonyl (C=O) groups is 1. The summed E-state index contributed by atoms with van der Waals surface area (Å²) in [6.07, 6.45) is 0. The minimum absolute atomic E-state index is 0.116. The van der Waals surface area contributed by atoms with Gasteiger partial charge in [0.2, 0.25) is 0 Å². The lowest BCUT2D eigenvalue weighted by atomic mass is 10.1. The molecular weight excluding hydrogens is 230 g/mol. The average Bonchev–Trinajstić information content (AvgIpc) is 2.00. The zero-order chi connectivity index (χ0) is 9.30. The monoisotopic (exact) mass is 234 g/mol. The molecule has 0 unspecified atom stereocenters. The molecule has 0 atom stereocenters. The fraction of sp³-hybridized carbons (Fsp3) is 0.125. The Kier molecular flexibility index (Phi) is 2.57. The van der Waals surface area contributed by atoms with E-state index in [1.54, 1.807) is 0 Å². The van der Waals surface area contributed by atoms with Gasteiger partial charge in [-0.3, -0.25) is 4.79 Å². The highest BCUT2D eigenvalue weighted by molar-refractivity contribution is 9.10. The molecule has 0 amide bonds. The molecule has 0 N–H and O–H groups in total. The van der Waals surface area contributed by atoms with E-state index in [2.05, 4.69) is 15.9 Å². The molecule has 0 fully saturated rings. The maximum atomic E-state index is 12.8. The van der Waals surface area contributed by atoms with Crippen LogP contribution in [-0.2, 0) is 0 Å². The Labute approximate surface area is 76.5 Å². The van der Waals surface area contributed by atoms with Gasteiger partial charge in [0.25, 0.3) is 0 Å². The SMILES string of the molecule is CC(=O)c1ccc(F)c(F)c1Br. The van der Waals surface area contributed by atoms with Gasteiger partial charge in [-0.2, -0.15) is 0 Å². The van der Waals surface area contributed by atoms with Crippen molar-refractivity contribution in [2.24, 2.45) is 0 Å². The highest BCUT2D eigenvalue weighted by Crippen LogP contribution is 2.23. The Morgan fingerprint density at radius 1 is 1.42 bits per heavy atom. The molecule has 1 nitrogen and oxygen atoms in total. The van der Waals surface area contributed by atoms with Gasteiger partial charge < -0.3 is 0 Å². The second-order valence-electron chi connectivity index (χ2n) is 2.28. The summed E-state index contributed by atoms with van der Waals surface area (Å²) >= 11 is 2.80. The van der Waals surface area contributed by atoms with Gasteiger partial charge in [-0.1, -0.05) is 0 Å². The fourth-order valence-electron chi connectivity index (χ4n) is 0.798. The molecule has 0 bridgehead atoms. The minimum atomic E-state index is -1.03. The molecule has 0 saturated heterocycles. The maximum Gasteiger partial charge on any atom is 0.173 e. The summed E-state index contributed by atoms with van der Waals surface area (Å²) in [4.78, 5) is 10.8. The summed E-state index contributed by atoms with van der Waals surface area (Å²) in [5.74, 6) is -2.30. The summed E-state index contributed by atoms with van der Waals surface area (Å²) in [6, 6.07) is 2.17. The molecule has 0 aliphatic carbocycles. The summed E-state index contributed by atoms with van der Waals surface area (Å²) in [5.41, 5.74) is 0.147. The van der Waals surface area contributed by atoms with Crippen molar-refractivity contribution >= 4 is 21.7 Å². The number of halogens is 3. The fourth-order valence-corrected chi connectivity index (χ4v) is 1.40. The van der Waals surface area contributed by atoms with Crippen LogP contribution in [0, 0.1) is 11.6 Å². The van der Waals surface area contributed by atoms with Crippen LogP contribution in [0.25, 0.3) is 0 Å². The average molecular weight is 235 g/mol. The molecule has 4 heteroatoms. The van der Waals surface area contributed by atoms with Crippen LogP contribution in [0.1, 0.15) is 17.3 Å².